The van der Waals surface area contributed by atoms with Crippen LogP contribution in [0.3, 0.4) is 0 Å². The maximum Gasteiger partial charge on any atom is 0.413 e. The van der Waals surface area contributed by atoms with Crippen LogP contribution in [0, 0.1) is 0 Å². The predicted molar refractivity (Wildman–Crippen MR) is 175 cm³/mol. The maximum atomic E-state index is 12.9. The number of phosphoric ester groups is 2. The number of aromatic nitrogens is 2. The summed E-state index contributed by atoms with van der Waals surface area (Å²) in [7, 11) is -17.7. The molecule has 1 fully saturated rings. The van der Waals surface area contributed by atoms with Gasteiger partial charge in [0.2, 0.25) is 0 Å². The van der Waals surface area contributed by atoms with Crippen molar-refractivity contribution in [3.05, 3.63) is 130 Å². The summed E-state index contributed by atoms with van der Waals surface area (Å²) in [5.41, 5.74) is 0.222. The highest BCUT2D eigenvalue weighted by Gasteiger charge is 2.41. The molecule has 4 aromatic rings. The normalized spacial score (nSPS) is 20.3. The molecular formula is C31H29N3O16P3-3. The minimum atomic E-state index is -6.17. The molecular weight excluding hydrogens is 763 g/mol. The van der Waals surface area contributed by atoms with Crippen LogP contribution >= 0.6 is 23.5 Å². The number of phosphoric acid groups is 3. The van der Waals surface area contributed by atoms with Crippen LogP contribution in [0.2, 0.25) is 0 Å². The van der Waals surface area contributed by atoms with Gasteiger partial charge >= 0.3 is 17.8 Å². The first-order chi connectivity index (χ1) is 25.2. The number of anilines is 1. The van der Waals surface area contributed by atoms with Crippen LogP contribution in [0.5, 0.6) is 0 Å². The largest absolute Gasteiger partial charge is 0.756 e. The third kappa shape index (κ3) is 12.4. The van der Waals surface area contributed by atoms with Gasteiger partial charge in [-0.2, -0.15) is 4.98 Å². The molecule has 1 aliphatic rings. The van der Waals surface area contributed by atoms with Crippen molar-refractivity contribution in [1.29, 1.82) is 0 Å². The molecule has 0 spiro atoms. The smallest absolute Gasteiger partial charge is 0.413 e. The van der Waals surface area contributed by atoms with Gasteiger partial charge in [0.1, 0.15) is 30.9 Å². The molecule has 22 heteroatoms. The van der Waals surface area contributed by atoms with E-state index in [1.165, 1.54) is 36.5 Å². The minimum Gasteiger partial charge on any atom is -0.756 e. The van der Waals surface area contributed by atoms with E-state index in [1.807, 2.05) is 0 Å². The van der Waals surface area contributed by atoms with Crippen molar-refractivity contribution in [2.75, 3.05) is 11.9 Å². The molecule has 4 unspecified atom stereocenters. The van der Waals surface area contributed by atoms with Gasteiger partial charge in [-0.3, -0.25) is 23.6 Å². The van der Waals surface area contributed by atoms with E-state index in [1.54, 1.807) is 66.7 Å². The first kappa shape index (κ1) is 39.8. The average molecular weight is 792 g/mol. The third-order valence-corrected chi connectivity index (χ3v) is 11.2. The Morgan fingerprint density at radius 3 is 1.96 bits per heavy atom. The SMILES string of the molecule is O=C(Nc1ccn([C@H]2CC(OC(=O)c3ccccc3)[C@@H](COP(=O)([O-])OP(=O)([O-])OP(=O)([O-])OCc3ccccc3)O2)c(=O)n1)OCc1ccccc1. The first-order valence-electron chi connectivity index (χ1n) is 15.3. The number of amides is 1. The number of rotatable bonds is 16. The van der Waals surface area contributed by atoms with E-state index >= 15 is 0 Å². The molecule has 1 saturated heterocycles. The van der Waals surface area contributed by atoms with Gasteiger partial charge < -0.3 is 37.9 Å². The van der Waals surface area contributed by atoms with Gasteiger partial charge in [-0.25, -0.2) is 23.0 Å². The van der Waals surface area contributed by atoms with Crippen molar-refractivity contribution in [3.63, 3.8) is 0 Å². The monoisotopic (exact) mass is 792 g/mol. The molecule has 1 aromatic heterocycles. The standard InChI is InChI=1S/C31H32N3O16P3/c35-29(24-14-8-3-9-15-24)48-25-18-28(34-17-16-27(32-30(34)36)33-31(37)44-19-22-10-4-1-5-11-22)47-26(25)21-46-52(40,41)50-53(42,43)49-51(38,39)45-20-23-12-6-2-7-13-23/h1-17,25-26,28H,18-21H2,(H,38,39)(H,40,41)(H,42,43)(H,32,33,36,37)/p-3/t25?,26-,28-/m1/s1. The maximum absolute atomic E-state index is 12.9. The van der Waals surface area contributed by atoms with Crippen molar-refractivity contribution in [1.82, 2.24) is 9.55 Å². The molecule has 53 heavy (non-hydrogen) atoms. The summed E-state index contributed by atoms with van der Waals surface area (Å²) in [5, 5.41) is 2.32. The van der Waals surface area contributed by atoms with Gasteiger partial charge in [-0.15, -0.1) is 0 Å². The van der Waals surface area contributed by atoms with Crippen LogP contribution in [0.1, 0.15) is 34.1 Å². The highest BCUT2D eigenvalue weighted by Crippen LogP contribution is 2.63. The number of ether oxygens (including phenoxy) is 3. The van der Waals surface area contributed by atoms with Crippen molar-refractivity contribution in [2.45, 2.75) is 38.1 Å². The Morgan fingerprint density at radius 1 is 0.792 bits per heavy atom. The van der Waals surface area contributed by atoms with Gasteiger partial charge in [-0.05, 0) is 29.3 Å². The second-order valence-corrected chi connectivity index (χ2v) is 15.4. The number of esters is 1. The van der Waals surface area contributed by atoms with E-state index in [0.29, 0.717) is 5.56 Å². The van der Waals surface area contributed by atoms with Crippen LogP contribution < -0.4 is 25.7 Å². The number of hydrogen-bond acceptors (Lipinski definition) is 17. The molecule has 2 heterocycles. The van der Waals surface area contributed by atoms with Crippen LogP contribution in [0.4, 0.5) is 10.6 Å². The zero-order valence-electron chi connectivity index (χ0n) is 27.1. The molecule has 3 aromatic carbocycles. The molecule has 0 aliphatic carbocycles. The van der Waals surface area contributed by atoms with Crippen LogP contribution in [-0.4, -0.2) is 40.4 Å². The summed E-state index contributed by atoms with van der Waals surface area (Å²) in [5.74, 6) is -1.03. The first-order valence-corrected chi connectivity index (χ1v) is 19.7. The number of carbonyl (C=O) groups is 2. The highest BCUT2D eigenvalue weighted by atomic mass is 31.3. The number of nitrogens with zero attached hydrogens (tertiary/aromatic N) is 2. The highest BCUT2D eigenvalue weighted by molar-refractivity contribution is 7.65. The number of benzene rings is 3. The molecule has 0 bridgehead atoms. The van der Waals surface area contributed by atoms with Gasteiger partial charge in [-0.1, -0.05) is 78.9 Å². The molecule has 5 rings (SSSR count). The van der Waals surface area contributed by atoms with Gasteiger partial charge in [0, 0.05) is 12.6 Å². The topological polar surface area (TPSA) is 266 Å². The molecule has 1 N–H and O–H groups in total. The zero-order chi connectivity index (χ0) is 38.1. The lowest BCUT2D eigenvalue weighted by atomic mass is 10.1. The predicted octanol–water partition coefficient (Wildman–Crippen LogP) is 3.18. The van der Waals surface area contributed by atoms with E-state index in [2.05, 4.69) is 28.0 Å². The second-order valence-electron chi connectivity index (χ2n) is 10.9. The van der Waals surface area contributed by atoms with Crippen molar-refractivity contribution in [3.8, 4) is 0 Å². The van der Waals surface area contributed by atoms with Crippen LogP contribution in [0.25, 0.3) is 0 Å². The summed E-state index contributed by atoms with van der Waals surface area (Å²) >= 11 is 0. The quantitative estimate of drug-likeness (QED) is 0.126. The van der Waals surface area contributed by atoms with Crippen LogP contribution in [-0.2, 0) is 58.8 Å². The molecule has 0 radical (unpaired) electrons. The van der Waals surface area contributed by atoms with E-state index in [9.17, 15) is 42.8 Å². The summed E-state index contributed by atoms with van der Waals surface area (Å²) in [6.07, 6.45) is -3.97. The fourth-order valence-electron chi connectivity index (χ4n) is 4.69. The van der Waals surface area contributed by atoms with E-state index in [-0.39, 0.29) is 24.4 Å². The van der Waals surface area contributed by atoms with Crippen molar-refractivity contribution in [2.24, 2.45) is 0 Å². The van der Waals surface area contributed by atoms with E-state index in [4.69, 9.17) is 14.2 Å². The Balaban J connectivity index is 1.22. The van der Waals surface area contributed by atoms with Gasteiger partial charge in [0.05, 0.1) is 18.8 Å². The Morgan fingerprint density at radius 2 is 1.36 bits per heavy atom. The summed E-state index contributed by atoms with van der Waals surface area (Å²) in [4.78, 5) is 78.6. The van der Waals surface area contributed by atoms with Crippen molar-refractivity contribution < 1.29 is 69.8 Å². The molecule has 1 aliphatic heterocycles. The minimum absolute atomic E-state index is 0.0461. The fourth-order valence-corrected chi connectivity index (χ4v) is 8.05. The number of carbonyl (C=O) groups excluding carboxylic acids is 2. The average Bonchev–Trinajstić information content (AvgIpc) is 3.51. The fraction of sp³-hybridized carbons (Fsp3) is 0.226. The van der Waals surface area contributed by atoms with Gasteiger partial charge in [0.15, 0.2) is 0 Å². The van der Waals surface area contributed by atoms with Crippen LogP contribution in [0.15, 0.2) is 108 Å². The lowest BCUT2D eigenvalue weighted by Crippen LogP contribution is -2.32. The Bertz CT molecular complexity index is 2070. The number of hydrogen-bond donors (Lipinski definition) is 1. The van der Waals surface area contributed by atoms with Crippen molar-refractivity contribution >= 4 is 41.3 Å². The molecule has 0 saturated carbocycles. The molecule has 282 valence electrons. The molecule has 1 amide bonds. The lowest BCUT2D eigenvalue weighted by molar-refractivity contribution is -0.252. The number of nitrogens with one attached hydrogen (secondary N) is 1. The molecule has 19 nitrogen and oxygen atoms in total. The van der Waals surface area contributed by atoms with E-state index < -0.39 is 72.9 Å². The summed E-state index contributed by atoms with van der Waals surface area (Å²) in [6, 6.07) is 25.4. The Hall–Kier alpha value is -4.35. The Kier molecular flexibility index (Phi) is 13.3. The Labute approximate surface area is 300 Å². The molecule has 6 atom stereocenters. The summed E-state index contributed by atoms with van der Waals surface area (Å²) < 4.78 is 71.0. The second kappa shape index (κ2) is 17.6. The van der Waals surface area contributed by atoms with E-state index in [0.717, 1.165) is 10.1 Å². The third-order valence-electron chi connectivity index (χ3n) is 7.06. The van der Waals surface area contributed by atoms with Gasteiger partial charge in [0.25, 0.3) is 23.5 Å². The zero-order valence-corrected chi connectivity index (χ0v) is 29.8. The lowest BCUT2D eigenvalue weighted by Gasteiger charge is -2.34. The summed E-state index contributed by atoms with van der Waals surface area (Å²) in [6.45, 7) is -1.72.